The molecule has 0 saturated carbocycles. The number of nitro groups is 1. The Labute approximate surface area is 228 Å². The van der Waals surface area contributed by atoms with Gasteiger partial charge in [0.25, 0.3) is 5.69 Å². The molecule has 1 N–H and O–H groups in total. The van der Waals surface area contributed by atoms with Crippen LogP contribution < -0.4 is 5.32 Å². The number of allylic oxidation sites excluding steroid dienone is 2. The van der Waals surface area contributed by atoms with E-state index < -0.39 is 23.2 Å². The summed E-state index contributed by atoms with van der Waals surface area (Å²) in [5, 5.41) is 14.7. The second-order valence-corrected chi connectivity index (χ2v) is 8.62. The van der Waals surface area contributed by atoms with Crippen LogP contribution in [0.15, 0.2) is 47.2 Å². The number of carbonyl (C=O) groups excluding carboxylic acids is 2. The van der Waals surface area contributed by atoms with Crippen molar-refractivity contribution in [2.75, 3.05) is 39.6 Å². The lowest BCUT2D eigenvalue weighted by Gasteiger charge is -2.31. The highest BCUT2D eigenvalue weighted by atomic mass is 16.7. The summed E-state index contributed by atoms with van der Waals surface area (Å²) in [4.78, 5) is 36.2. The number of nitro benzene ring substituents is 1. The van der Waals surface area contributed by atoms with Gasteiger partial charge in [-0.2, -0.15) is 0 Å². The lowest BCUT2D eigenvalue weighted by Crippen LogP contribution is -2.30. The Hall–Kier alpha value is -3.64. The van der Waals surface area contributed by atoms with Crippen molar-refractivity contribution in [2.24, 2.45) is 0 Å². The zero-order chi connectivity index (χ0) is 28.6. The summed E-state index contributed by atoms with van der Waals surface area (Å²) < 4.78 is 32.2. The molecule has 1 aromatic carbocycles. The summed E-state index contributed by atoms with van der Waals surface area (Å²) in [7, 11) is 0. The van der Waals surface area contributed by atoms with Crippen LogP contribution in [0.4, 0.5) is 15.3 Å². The van der Waals surface area contributed by atoms with Crippen LogP contribution in [0.3, 0.4) is 0 Å². The molecule has 0 fully saturated rings. The lowest BCUT2D eigenvalue weighted by molar-refractivity contribution is -0.384. The minimum Gasteiger partial charge on any atom is -0.432 e. The predicted molar refractivity (Wildman–Crippen MR) is 141 cm³/mol. The summed E-state index contributed by atoms with van der Waals surface area (Å²) in [5.74, 6) is -0.791. The highest BCUT2D eigenvalue weighted by Gasteiger charge is 2.37. The van der Waals surface area contributed by atoms with Gasteiger partial charge >= 0.3 is 12.3 Å². The van der Waals surface area contributed by atoms with Gasteiger partial charge < -0.3 is 33.7 Å². The first kappa shape index (κ1) is 31.6. The maximum Gasteiger partial charge on any atom is 0.513 e. The Morgan fingerprint density at radius 2 is 1.46 bits per heavy atom. The van der Waals surface area contributed by atoms with E-state index >= 15 is 0 Å². The van der Waals surface area contributed by atoms with Gasteiger partial charge in [-0.05, 0) is 31.7 Å². The van der Waals surface area contributed by atoms with Gasteiger partial charge in [-0.15, -0.1) is 0 Å². The second kappa shape index (κ2) is 17.0. The lowest BCUT2D eigenvalue weighted by atomic mass is 9.89. The van der Waals surface area contributed by atoms with E-state index in [2.05, 4.69) is 5.32 Å². The minimum absolute atomic E-state index is 0.0191. The fourth-order valence-corrected chi connectivity index (χ4v) is 3.77. The summed E-state index contributed by atoms with van der Waals surface area (Å²) in [5.41, 5.74) is 1.22. The molecule has 0 aromatic heterocycles. The second-order valence-electron chi connectivity index (χ2n) is 8.62. The quantitative estimate of drug-likeness (QED) is 0.117. The van der Waals surface area contributed by atoms with E-state index in [0.717, 1.165) is 12.8 Å². The maximum absolute atomic E-state index is 12.7. The van der Waals surface area contributed by atoms with Crippen molar-refractivity contribution in [2.45, 2.75) is 59.3 Å². The van der Waals surface area contributed by atoms with Crippen molar-refractivity contribution >= 4 is 18.0 Å². The van der Waals surface area contributed by atoms with Crippen LogP contribution in [0.1, 0.15) is 64.9 Å². The largest absolute Gasteiger partial charge is 0.513 e. The molecule has 1 aromatic rings. The number of non-ortho nitro benzene ring substituents is 1. The first-order valence-electron chi connectivity index (χ1n) is 13.1. The Kier molecular flexibility index (Phi) is 13.8. The molecule has 1 atom stereocenters. The van der Waals surface area contributed by atoms with E-state index in [0.29, 0.717) is 43.0 Å². The van der Waals surface area contributed by atoms with Gasteiger partial charge in [0, 0.05) is 25.3 Å². The number of nitrogens with one attached hydrogen (secondary N) is 1. The van der Waals surface area contributed by atoms with Crippen molar-refractivity contribution in [1.82, 2.24) is 5.32 Å². The van der Waals surface area contributed by atoms with Gasteiger partial charge in [-0.3, -0.25) is 10.1 Å². The molecule has 2 rings (SSSR count). The van der Waals surface area contributed by atoms with Crippen LogP contribution in [0.25, 0.3) is 0 Å². The number of dihydropyridines is 1. The SMILES string of the molecule is CCCOCCOC(=O)OC1=C(C)NC(CCC)=C(OC(=O)OCCOCCC)C1c1cccc([N+](=O)[O-])c1. The average molecular weight is 551 g/mol. The van der Waals surface area contributed by atoms with Crippen LogP contribution >= 0.6 is 0 Å². The van der Waals surface area contributed by atoms with Crippen LogP contribution in [0.2, 0.25) is 0 Å². The monoisotopic (exact) mass is 550 g/mol. The number of hydrogen-bond acceptors (Lipinski definition) is 11. The highest BCUT2D eigenvalue weighted by Crippen LogP contribution is 2.41. The van der Waals surface area contributed by atoms with E-state index in [1.807, 2.05) is 20.8 Å². The van der Waals surface area contributed by atoms with Crippen LogP contribution in [0.5, 0.6) is 0 Å². The fraction of sp³-hybridized carbons (Fsp3) is 0.556. The smallest absolute Gasteiger partial charge is 0.432 e. The number of nitrogens with zero attached hydrogens (tertiary/aromatic N) is 1. The van der Waals surface area contributed by atoms with E-state index in [1.165, 1.54) is 18.2 Å². The number of rotatable bonds is 16. The molecule has 216 valence electrons. The van der Waals surface area contributed by atoms with Gasteiger partial charge in [0.05, 0.1) is 29.5 Å². The molecule has 1 heterocycles. The third-order valence-corrected chi connectivity index (χ3v) is 5.42. The van der Waals surface area contributed by atoms with Crippen LogP contribution in [-0.2, 0) is 28.4 Å². The molecule has 0 spiro atoms. The van der Waals surface area contributed by atoms with Gasteiger partial charge in [0.15, 0.2) is 0 Å². The van der Waals surface area contributed by atoms with Gasteiger partial charge in [-0.25, -0.2) is 9.59 Å². The normalized spacial score (nSPS) is 15.0. The maximum atomic E-state index is 12.7. The number of ether oxygens (including phenoxy) is 6. The standard InChI is InChI=1S/C27H38N2O10/c1-5-9-22-25(39-27(31)37-17-15-35-13-7-3)23(20-10-8-11-21(18-20)29(32)33)24(19(4)28-22)38-26(30)36-16-14-34-12-6-2/h8,10-11,18,23,28H,5-7,9,12-17H2,1-4H3. The third-order valence-electron chi connectivity index (χ3n) is 5.42. The van der Waals surface area contributed by atoms with E-state index in [9.17, 15) is 19.7 Å². The Bertz CT molecular complexity index is 1040. The van der Waals surface area contributed by atoms with Crippen molar-refractivity contribution in [3.63, 3.8) is 0 Å². The van der Waals surface area contributed by atoms with E-state index in [4.69, 9.17) is 28.4 Å². The number of carbonyl (C=O) groups is 2. The topological polar surface area (TPSA) is 145 Å². The minimum atomic E-state index is -0.990. The molecule has 1 aliphatic heterocycles. The van der Waals surface area contributed by atoms with Gasteiger partial charge in [0.1, 0.15) is 30.6 Å². The van der Waals surface area contributed by atoms with Crippen molar-refractivity contribution < 1.29 is 42.9 Å². The molecule has 1 unspecified atom stereocenters. The highest BCUT2D eigenvalue weighted by molar-refractivity contribution is 5.65. The molecule has 0 amide bonds. The zero-order valence-corrected chi connectivity index (χ0v) is 23.0. The van der Waals surface area contributed by atoms with Crippen molar-refractivity contribution in [3.8, 4) is 0 Å². The molecule has 0 bridgehead atoms. The number of hydrogen-bond donors (Lipinski definition) is 1. The Morgan fingerprint density at radius 1 is 0.872 bits per heavy atom. The number of benzene rings is 1. The van der Waals surface area contributed by atoms with Crippen LogP contribution in [-0.4, -0.2) is 56.9 Å². The van der Waals surface area contributed by atoms with E-state index in [1.54, 1.807) is 13.0 Å². The average Bonchev–Trinajstić information content (AvgIpc) is 2.91. The summed E-state index contributed by atoms with van der Waals surface area (Å²) in [6.45, 7) is 9.00. The predicted octanol–water partition coefficient (Wildman–Crippen LogP) is 5.68. The molecule has 0 saturated heterocycles. The summed E-state index contributed by atoms with van der Waals surface area (Å²) in [6, 6.07) is 5.81. The van der Waals surface area contributed by atoms with E-state index in [-0.39, 0.29) is 43.6 Å². The van der Waals surface area contributed by atoms with Gasteiger partial charge in [-0.1, -0.05) is 39.3 Å². The van der Waals surface area contributed by atoms with Crippen molar-refractivity contribution in [1.29, 1.82) is 0 Å². The Morgan fingerprint density at radius 3 is 2.00 bits per heavy atom. The van der Waals surface area contributed by atoms with Crippen LogP contribution in [0, 0.1) is 10.1 Å². The zero-order valence-electron chi connectivity index (χ0n) is 23.0. The first-order valence-corrected chi connectivity index (χ1v) is 13.1. The van der Waals surface area contributed by atoms with Gasteiger partial charge in [0.2, 0.25) is 0 Å². The fourth-order valence-electron chi connectivity index (χ4n) is 3.77. The molecule has 12 heteroatoms. The molecule has 1 aliphatic rings. The van der Waals surface area contributed by atoms with Crippen molar-refractivity contribution in [3.05, 3.63) is 62.9 Å². The first-order chi connectivity index (χ1) is 18.8. The molecule has 39 heavy (non-hydrogen) atoms. The molecule has 12 nitrogen and oxygen atoms in total. The molecular formula is C27H38N2O10. The molecular weight excluding hydrogens is 512 g/mol. The summed E-state index contributed by atoms with van der Waals surface area (Å²) >= 11 is 0. The molecule has 0 aliphatic carbocycles. The third kappa shape index (κ3) is 10.2. The molecule has 0 radical (unpaired) electrons. The Balaban J connectivity index is 2.37. The summed E-state index contributed by atoms with van der Waals surface area (Å²) in [6.07, 6.45) is 0.867.